The van der Waals surface area contributed by atoms with Gasteiger partial charge in [-0.05, 0) is 25.5 Å². The molecule has 3 aromatic rings. The fourth-order valence-electron chi connectivity index (χ4n) is 2.57. The van der Waals surface area contributed by atoms with Crippen molar-refractivity contribution in [2.75, 3.05) is 11.9 Å². The summed E-state index contributed by atoms with van der Waals surface area (Å²) in [5.74, 6) is 1.16. The maximum Gasteiger partial charge on any atom is 0.228 e. The fourth-order valence-corrected chi connectivity index (χ4v) is 2.57. The number of carbonyl (C=O) groups excluding carboxylic acids is 1. The van der Waals surface area contributed by atoms with E-state index in [1.165, 1.54) is 0 Å². The Balaban J connectivity index is 1.57. The number of H-pyrrole nitrogens is 1. The van der Waals surface area contributed by atoms with Crippen LogP contribution in [0.4, 0.5) is 5.82 Å². The molecule has 0 aliphatic carbocycles. The number of nitrogens with zero attached hydrogens (tertiary/aromatic N) is 3. The first-order valence-electron chi connectivity index (χ1n) is 7.92. The van der Waals surface area contributed by atoms with Crippen LogP contribution in [0.5, 0.6) is 5.75 Å². The molecule has 2 heterocycles. The number of aromatic nitrogens is 4. The summed E-state index contributed by atoms with van der Waals surface area (Å²) >= 11 is 0. The van der Waals surface area contributed by atoms with Crippen molar-refractivity contribution in [1.29, 1.82) is 0 Å². The SMILES string of the molecule is Cc1nn(C)c2n[nH]c(NC(=O)[C@@H](C)CCOc3ccccc3)c12. The molecule has 0 fully saturated rings. The summed E-state index contributed by atoms with van der Waals surface area (Å²) in [4.78, 5) is 12.4. The van der Waals surface area contributed by atoms with E-state index in [1.807, 2.05) is 51.2 Å². The molecule has 2 aromatic heterocycles. The van der Waals surface area contributed by atoms with Crippen LogP contribution in [0.3, 0.4) is 0 Å². The van der Waals surface area contributed by atoms with Crippen LogP contribution >= 0.6 is 0 Å². The van der Waals surface area contributed by atoms with Crippen LogP contribution in [0.25, 0.3) is 11.0 Å². The Hall–Kier alpha value is -2.83. The number of nitrogens with one attached hydrogen (secondary N) is 2. The average Bonchev–Trinajstić information content (AvgIpc) is 3.11. The van der Waals surface area contributed by atoms with E-state index in [1.54, 1.807) is 4.68 Å². The molecule has 7 heteroatoms. The number of rotatable bonds is 6. The van der Waals surface area contributed by atoms with E-state index in [9.17, 15) is 4.79 Å². The summed E-state index contributed by atoms with van der Waals surface area (Å²) in [6.07, 6.45) is 0.629. The van der Waals surface area contributed by atoms with Crippen molar-refractivity contribution in [2.45, 2.75) is 20.3 Å². The number of aryl methyl sites for hydroxylation is 2. The maximum atomic E-state index is 12.4. The predicted molar refractivity (Wildman–Crippen MR) is 91.9 cm³/mol. The summed E-state index contributed by atoms with van der Waals surface area (Å²) < 4.78 is 7.33. The molecule has 0 saturated heterocycles. The Kier molecular flexibility index (Phi) is 4.50. The summed E-state index contributed by atoms with van der Waals surface area (Å²) in [7, 11) is 1.82. The van der Waals surface area contributed by atoms with Crippen molar-refractivity contribution in [3.8, 4) is 5.75 Å². The van der Waals surface area contributed by atoms with Crippen LogP contribution in [0, 0.1) is 12.8 Å². The largest absolute Gasteiger partial charge is 0.494 e. The number of anilines is 1. The highest BCUT2D eigenvalue weighted by Crippen LogP contribution is 2.23. The van der Waals surface area contributed by atoms with Crippen LogP contribution in [-0.2, 0) is 11.8 Å². The van der Waals surface area contributed by atoms with Gasteiger partial charge in [0.25, 0.3) is 0 Å². The molecule has 0 spiro atoms. The number of hydrogen-bond acceptors (Lipinski definition) is 4. The van der Waals surface area contributed by atoms with Gasteiger partial charge in [0.1, 0.15) is 11.6 Å². The summed E-state index contributed by atoms with van der Waals surface area (Å²) in [5.41, 5.74) is 1.56. The molecule has 1 amide bonds. The van der Waals surface area contributed by atoms with E-state index in [-0.39, 0.29) is 11.8 Å². The standard InChI is InChI=1S/C17H21N5O2/c1-11(9-10-24-13-7-5-4-6-8-13)17(23)18-15-14-12(2)21-22(3)16(14)20-19-15/h4-8,11H,9-10H2,1-3H3,(H2,18,19,20,23)/t11-/m0/s1. The van der Waals surface area contributed by atoms with Gasteiger partial charge in [-0.1, -0.05) is 25.1 Å². The second kappa shape index (κ2) is 6.74. The molecular weight excluding hydrogens is 306 g/mol. The summed E-state index contributed by atoms with van der Waals surface area (Å²) in [6, 6.07) is 9.58. The van der Waals surface area contributed by atoms with Gasteiger partial charge in [0.2, 0.25) is 5.91 Å². The van der Waals surface area contributed by atoms with Crippen LogP contribution in [0.1, 0.15) is 19.0 Å². The van der Waals surface area contributed by atoms with E-state index in [0.717, 1.165) is 22.5 Å². The minimum atomic E-state index is -0.177. The van der Waals surface area contributed by atoms with Gasteiger partial charge in [-0.3, -0.25) is 9.89 Å². The molecule has 1 aromatic carbocycles. The lowest BCUT2D eigenvalue weighted by Crippen LogP contribution is -2.22. The topological polar surface area (TPSA) is 84.8 Å². The van der Waals surface area contributed by atoms with E-state index in [0.29, 0.717) is 18.8 Å². The summed E-state index contributed by atoms with van der Waals surface area (Å²) in [6.45, 7) is 4.26. The van der Waals surface area contributed by atoms with Crippen molar-refractivity contribution in [3.63, 3.8) is 0 Å². The van der Waals surface area contributed by atoms with E-state index >= 15 is 0 Å². The lowest BCUT2D eigenvalue weighted by molar-refractivity contribution is -0.119. The number of fused-ring (bicyclic) bond motifs is 1. The average molecular weight is 327 g/mol. The zero-order valence-electron chi connectivity index (χ0n) is 14.0. The highest BCUT2D eigenvalue weighted by molar-refractivity contribution is 6.00. The quantitative estimate of drug-likeness (QED) is 0.729. The molecule has 1 atom stereocenters. The Bertz CT molecular complexity index is 837. The number of para-hydroxylation sites is 1. The maximum absolute atomic E-state index is 12.4. The van der Waals surface area contributed by atoms with Gasteiger partial charge in [-0.25, -0.2) is 4.68 Å². The third-order valence-corrected chi connectivity index (χ3v) is 3.97. The minimum absolute atomic E-state index is 0.0690. The van der Waals surface area contributed by atoms with Crippen LogP contribution in [0.15, 0.2) is 30.3 Å². The fraction of sp³-hybridized carbons (Fsp3) is 0.353. The van der Waals surface area contributed by atoms with Gasteiger partial charge in [0, 0.05) is 13.0 Å². The van der Waals surface area contributed by atoms with E-state index < -0.39 is 0 Å². The number of benzene rings is 1. The molecular formula is C17H21N5O2. The molecule has 7 nitrogen and oxygen atoms in total. The second-order valence-electron chi connectivity index (χ2n) is 5.85. The molecule has 0 aliphatic rings. The molecule has 126 valence electrons. The zero-order valence-corrected chi connectivity index (χ0v) is 14.0. The van der Waals surface area contributed by atoms with Gasteiger partial charge in [-0.2, -0.15) is 10.2 Å². The third kappa shape index (κ3) is 3.24. The van der Waals surface area contributed by atoms with Gasteiger partial charge in [0.05, 0.1) is 17.7 Å². The first-order chi connectivity index (χ1) is 11.6. The van der Waals surface area contributed by atoms with E-state index in [4.69, 9.17) is 4.74 Å². The lowest BCUT2D eigenvalue weighted by Gasteiger charge is -2.12. The first-order valence-corrected chi connectivity index (χ1v) is 7.92. The van der Waals surface area contributed by atoms with Gasteiger partial charge < -0.3 is 10.1 Å². The Labute approximate surface area is 140 Å². The van der Waals surface area contributed by atoms with Gasteiger partial charge in [-0.15, -0.1) is 0 Å². The first kappa shape index (κ1) is 16.0. The minimum Gasteiger partial charge on any atom is -0.494 e. The summed E-state index contributed by atoms with van der Waals surface area (Å²) in [5, 5.41) is 15.1. The number of ether oxygens (including phenoxy) is 1. The Morgan fingerprint density at radius 3 is 2.88 bits per heavy atom. The van der Waals surface area contributed by atoms with Crippen molar-refractivity contribution in [1.82, 2.24) is 20.0 Å². The van der Waals surface area contributed by atoms with Crippen LogP contribution in [-0.4, -0.2) is 32.5 Å². The number of carbonyl (C=O) groups is 1. The van der Waals surface area contributed by atoms with Crippen molar-refractivity contribution in [3.05, 3.63) is 36.0 Å². The Morgan fingerprint density at radius 1 is 1.38 bits per heavy atom. The zero-order chi connectivity index (χ0) is 17.1. The monoisotopic (exact) mass is 327 g/mol. The molecule has 2 N–H and O–H groups in total. The Morgan fingerprint density at radius 2 is 2.12 bits per heavy atom. The van der Waals surface area contributed by atoms with Crippen molar-refractivity contribution in [2.24, 2.45) is 13.0 Å². The van der Waals surface area contributed by atoms with Gasteiger partial charge in [0.15, 0.2) is 5.65 Å². The molecule has 0 saturated carbocycles. The van der Waals surface area contributed by atoms with Crippen LogP contribution in [0.2, 0.25) is 0 Å². The van der Waals surface area contributed by atoms with Crippen LogP contribution < -0.4 is 10.1 Å². The molecule has 0 radical (unpaired) electrons. The predicted octanol–water partition coefficient (Wildman–Crippen LogP) is 2.65. The number of amides is 1. The van der Waals surface area contributed by atoms with Gasteiger partial charge >= 0.3 is 0 Å². The highest BCUT2D eigenvalue weighted by atomic mass is 16.5. The number of aromatic amines is 1. The van der Waals surface area contributed by atoms with E-state index in [2.05, 4.69) is 20.6 Å². The van der Waals surface area contributed by atoms with Crippen molar-refractivity contribution >= 4 is 22.8 Å². The molecule has 3 rings (SSSR count). The molecule has 0 aliphatic heterocycles. The molecule has 0 bridgehead atoms. The normalized spacial score (nSPS) is 12.3. The second-order valence-corrected chi connectivity index (χ2v) is 5.85. The van der Waals surface area contributed by atoms with Crippen molar-refractivity contribution < 1.29 is 9.53 Å². The lowest BCUT2D eigenvalue weighted by atomic mass is 10.1. The smallest absolute Gasteiger partial charge is 0.228 e. The molecule has 24 heavy (non-hydrogen) atoms. The number of hydrogen-bond donors (Lipinski definition) is 2. The highest BCUT2D eigenvalue weighted by Gasteiger charge is 2.18. The third-order valence-electron chi connectivity index (χ3n) is 3.97. The molecule has 0 unspecified atom stereocenters.